The maximum atomic E-state index is 13.6. The molecule has 0 spiro atoms. The zero-order valence-corrected chi connectivity index (χ0v) is 8.75. The van der Waals surface area contributed by atoms with Gasteiger partial charge in [0.15, 0.2) is 17.3 Å². The molecule has 0 unspecified atom stereocenters. The molecule has 1 aromatic rings. The van der Waals surface area contributed by atoms with E-state index >= 15 is 0 Å². The second kappa shape index (κ2) is 5.46. The first-order valence-electron chi connectivity index (χ1n) is 4.51. The van der Waals surface area contributed by atoms with E-state index in [2.05, 4.69) is 4.74 Å². The highest BCUT2D eigenvalue weighted by Gasteiger charge is 2.11. The molecule has 0 amide bonds. The molecule has 1 rings (SSSR count). The van der Waals surface area contributed by atoms with Crippen molar-refractivity contribution in [2.45, 2.75) is 6.42 Å². The molecule has 82 valence electrons. The van der Waals surface area contributed by atoms with Crippen molar-refractivity contribution in [3.8, 4) is 5.75 Å². The predicted octanol–water partition coefficient (Wildman–Crippen LogP) is 1.59. The summed E-state index contributed by atoms with van der Waals surface area (Å²) in [6.45, 7) is -0.00332. The zero-order chi connectivity index (χ0) is 11.3. The summed E-state index contributed by atoms with van der Waals surface area (Å²) in [5, 5.41) is 0. The quantitative estimate of drug-likeness (QED) is 0.743. The first-order valence-corrected chi connectivity index (χ1v) is 4.51. The predicted molar refractivity (Wildman–Crippen MR) is 53.5 cm³/mol. The van der Waals surface area contributed by atoms with Crippen LogP contribution in [0.2, 0.25) is 0 Å². The highest BCUT2D eigenvalue weighted by atomic mass is 19.1. The summed E-state index contributed by atoms with van der Waals surface area (Å²) in [7, 11) is 2.82. The summed E-state index contributed by atoms with van der Waals surface area (Å²) in [6, 6.07) is 4.72. The maximum Gasteiger partial charge on any atom is 0.168 e. The minimum Gasteiger partial charge on any atom is -0.494 e. The summed E-state index contributed by atoms with van der Waals surface area (Å²) in [5.74, 6) is -0.494. The summed E-state index contributed by atoms with van der Waals surface area (Å²) in [4.78, 5) is 11.2. The highest BCUT2D eigenvalue weighted by molar-refractivity contribution is 5.82. The molecule has 0 radical (unpaired) electrons. The molecule has 0 saturated carbocycles. The van der Waals surface area contributed by atoms with Gasteiger partial charge in [-0.15, -0.1) is 0 Å². The molecule has 0 aliphatic heterocycles. The van der Waals surface area contributed by atoms with Crippen molar-refractivity contribution in [3.05, 3.63) is 29.6 Å². The van der Waals surface area contributed by atoms with E-state index < -0.39 is 5.82 Å². The van der Waals surface area contributed by atoms with E-state index in [1.54, 1.807) is 12.1 Å². The molecule has 1 aromatic carbocycles. The molecule has 0 aliphatic carbocycles. The Balaban J connectivity index is 2.81. The number of hydrogen-bond acceptors (Lipinski definition) is 3. The first kappa shape index (κ1) is 11.7. The molecule has 0 saturated heterocycles. The minimum atomic E-state index is -0.482. The number of rotatable bonds is 5. The molecule has 0 N–H and O–H groups in total. The molecule has 0 heterocycles. The number of ether oxygens (including phenoxy) is 2. The molecule has 0 aliphatic rings. The fraction of sp³-hybridized carbons (Fsp3) is 0.364. The number of ketones is 1. The summed E-state index contributed by atoms with van der Waals surface area (Å²) < 4.78 is 23.0. The van der Waals surface area contributed by atoms with Crippen molar-refractivity contribution in [1.29, 1.82) is 0 Å². The third-order valence-corrected chi connectivity index (χ3v) is 1.96. The van der Waals surface area contributed by atoms with Gasteiger partial charge < -0.3 is 9.47 Å². The van der Waals surface area contributed by atoms with Crippen molar-refractivity contribution in [2.24, 2.45) is 0 Å². The Morgan fingerprint density at radius 2 is 2.13 bits per heavy atom. The van der Waals surface area contributed by atoms with Crippen LogP contribution < -0.4 is 4.74 Å². The fourth-order valence-electron chi connectivity index (χ4n) is 1.27. The Hall–Kier alpha value is -1.42. The smallest absolute Gasteiger partial charge is 0.168 e. The van der Waals surface area contributed by atoms with E-state index in [0.717, 1.165) is 0 Å². The fourth-order valence-corrected chi connectivity index (χ4v) is 1.27. The van der Waals surface area contributed by atoms with Gasteiger partial charge in [-0.1, -0.05) is 12.1 Å². The van der Waals surface area contributed by atoms with Crippen molar-refractivity contribution in [2.75, 3.05) is 20.8 Å². The second-order valence-electron chi connectivity index (χ2n) is 3.08. The van der Waals surface area contributed by atoms with Gasteiger partial charge in [-0.3, -0.25) is 4.79 Å². The number of hydrogen-bond donors (Lipinski definition) is 0. The second-order valence-corrected chi connectivity index (χ2v) is 3.08. The Kier molecular flexibility index (Phi) is 4.24. The van der Waals surface area contributed by atoms with Crippen molar-refractivity contribution < 1.29 is 18.7 Å². The van der Waals surface area contributed by atoms with Crippen LogP contribution in [0.1, 0.15) is 5.56 Å². The number of halogens is 1. The zero-order valence-electron chi connectivity index (χ0n) is 8.75. The van der Waals surface area contributed by atoms with Gasteiger partial charge in [0.1, 0.15) is 6.61 Å². The van der Waals surface area contributed by atoms with Crippen LogP contribution in [0.5, 0.6) is 5.75 Å². The maximum absolute atomic E-state index is 13.6. The van der Waals surface area contributed by atoms with E-state index in [1.807, 2.05) is 0 Å². The lowest BCUT2D eigenvalue weighted by Gasteiger charge is -2.06. The van der Waals surface area contributed by atoms with Gasteiger partial charge in [-0.05, 0) is 11.6 Å². The third-order valence-electron chi connectivity index (χ3n) is 1.96. The monoisotopic (exact) mass is 212 g/mol. The van der Waals surface area contributed by atoms with Crippen LogP contribution in [0, 0.1) is 5.82 Å². The van der Waals surface area contributed by atoms with Gasteiger partial charge in [0, 0.05) is 13.5 Å². The van der Waals surface area contributed by atoms with Crippen LogP contribution in [0.25, 0.3) is 0 Å². The van der Waals surface area contributed by atoms with Crippen LogP contribution in [0.4, 0.5) is 4.39 Å². The number of carbonyl (C=O) groups excluding carboxylic acids is 1. The number of carbonyl (C=O) groups is 1. The van der Waals surface area contributed by atoms with Crippen LogP contribution in [-0.4, -0.2) is 26.6 Å². The van der Waals surface area contributed by atoms with E-state index in [-0.39, 0.29) is 24.6 Å². The lowest BCUT2D eigenvalue weighted by atomic mass is 10.1. The van der Waals surface area contributed by atoms with Gasteiger partial charge >= 0.3 is 0 Å². The molecule has 15 heavy (non-hydrogen) atoms. The molecular weight excluding hydrogens is 199 g/mol. The average molecular weight is 212 g/mol. The van der Waals surface area contributed by atoms with Crippen LogP contribution >= 0.6 is 0 Å². The minimum absolute atomic E-state index is 0.00332. The molecule has 3 nitrogen and oxygen atoms in total. The van der Waals surface area contributed by atoms with Gasteiger partial charge in [0.2, 0.25) is 0 Å². The van der Waals surface area contributed by atoms with Crippen molar-refractivity contribution in [3.63, 3.8) is 0 Å². The highest BCUT2D eigenvalue weighted by Crippen LogP contribution is 2.20. The number of Topliss-reactive ketones (excluding diaryl/α,β-unsaturated/α-hetero) is 1. The first-order chi connectivity index (χ1) is 7.19. The normalized spacial score (nSPS) is 10.1. The summed E-state index contributed by atoms with van der Waals surface area (Å²) >= 11 is 0. The van der Waals surface area contributed by atoms with Gasteiger partial charge in [-0.25, -0.2) is 4.39 Å². The lowest BCUT2D eigenvalue weighted by Crippen LogP contribution is -2.11. The van der Waals surface area contributed by atoms with Gasteiger partial charge in [0.25, 0.3) is 0 Å². The summed E-state index contributed by atoms with van der Waals surface area (Å²) in [6.07, 6.45) is 0.0247. The molecule has 0 atom stereocenters. The SMILES string of the molecule is COCC(=O)Cc1cccc(OC)c1F. The average Bonchev–Trinajstić information content (AvgIpc) is 2.21. The van der Waals surface area contributed by atoms with Crippen molar-refractivity contribution >= 4 is 5.78 Å². The Morgan fingerprint density at radius 1 is 1.40 bits per heavy atom. The van der Waals surface area contributed by atoms with E-state index in [0.29, 0.717) is 5.56 Å². The van der Waals surface area contributed by atoms with Gasteiger partial charge in [-0.2, -0.15) is 0 Å². The van der Waals surface area contributed by atoms with E-state index in [9.17, 15) is 9.18 Å². The molecule has 4 heteroatoms. The lowest BCUT2D eigenvalue weighted by molar-refractivity contribution is -0.122. The number of benzene rings is 1. The third kappa shape index (κ3) is 3.02. The number of methoxy groups -OCH3 is 2. The molecule has 0 aromatic heterocycles. The standard InChI is InChI=1S/C11H13FO3/c1-14-7-9(13)6-8-4-3-5-10(15-2)11(8)12/h3-5H,6-7H2,1-2H3. The Morgan fingerprint density at radius 3 is 2.73 bits per heavy atom. The molecule has 0 bridgehead atoms. The largest absolute Gasteiger partial charge is 0.494 e. The Bertz CT molecular complexity index is 350. The van der Waals surface area contributed by atoms with E-state index in [4.69, 9.17) is 4.74 Å². The molecule has 0 fully saturated rings. The molecular formula is C11H13FO3. The van der Waals surface area contributed by atoms with E-state index in [1.165, 1.54) is 20.3 Å². The van der Waals surface area contributed by atoms with Gasteiger partial charge in [0.05, 0.1) is 7.11 Å². The topological polar surface area (TPSA) is 35.5 Å². The van der Waals surface area contributed by atoms with Crippen LogP contribution in [-0.2, 0) is 16.0 Å². The Labute approximate surface area is 87.8 Å². The summed E-state index contributed by atoms with van der Waals surface area (Å²) in [5.41, 5.74) is 0.330. The van der Waals surface area contributed by atoms with Crippen molar-refractivity contribution in [1.82, 2.24) is 0 Å². The van der Waals surface area contributed by atoms with Crippen LogP contribution in [0.3, 0.4) is 0 Å². The van der Waals surface area contributed by atoms with Crippen LogP contribution in [0.15, 0.2) is 18.2 Å².